The Kier molecular flexibility index (Phi) is 4.51. The van der Waals surface area contributed by atoms with E-state index in [9.17, 15) is 13.2 Å². The molecule has 0 aliphatic carbocycles. The predicted molar refractivity (Wildman–Crippen MR) is 95.0 cm³/mol. The van der Waals surface area contributed by atoms with Gasteiger partial charge in [-0.05, 0) is 43.2 Å². The number of hydrogen-bond donors (Lipinski definition) is 1. The van der Waals surface area contributed by atoms with Gasteiger partial charge in [0.1, 0.15) is 0 Å². The molecule has 1 saturated heterocycles. The number of aryl methyl sites for hydroxylation is 1. The fourth-order valence-corrected chi connectivity index (χ4v) is 3.99. The quantitative estimate of drug-likeness (QED) is 0.901. The third-order valence-corrected chi connectivity index (χ3v) is 5.74. The minimum atomic E-state index is -3.79. The van der Waals surface area contributed by atoms with Crippen molar-refractivity contribution < 1.29 is 13.2 Å². The van der Waals surface area contributed by atoms with E-state index < -0.39 is 10.0 Å². The van der Waals surface area contributed by atoms with Gasteiger partial charge in [-0.15, -0.1) is 0 Å². The zero-order valence-electron chi connectivity index (χ0n) is 13.1. The fourth-order valence-electron chi connectivity index (χ4n) is 2.64. The molecule has 0 atom stereocenters. The second-order valence-electron chi connectivity index (χ2n) is 5.68. The van der Waals surface area contributed by atoms with E-state index >= 15 is 0 Å². The summed E-state index contributed by atoms with van der Waals surface area (Å²) in [6, 6.07) is 11.5. The average Bonchev–Trinajstić information content (AvgIpc) is 2.96. The van der Waals surface area contributed by atoms with Gasteiger partial charge in [0.25, 0.3) is 10.0 Å². The zero-order valence-corrected chi connectivity index (χ0v) is 14.7. The maximum absolute atomic E-state index is 12.6. The number of nitrogens with one attached hydrogen (secondary N) is 1. The topological polar surface area (TPSA) is 66.5 Å². The van der Waals surface area contributed by atoms with Gasteiger partial charge in [-0.2, -0.15) is 0 Å². The summed E-state index contributed by atoms with van der Waals surface area (Å²) in [5, 5.41) is 0.390. The van der Waals surface area contributed by atoms with E-state index in [0.29, 0.717) is 29.4 Å². The number of para-hydroxylation sites is 2. The second-order valence-corrected chi connectivity index (χ2v) is 7.77. The van der Waals surface area contributed by atoms with Crippen LogP contribution in [0.3, 0.4) is 0 Å². The van der Waals surface area contributed by atoms with Crippen molar-refractivity contribution in [3.8, 4) is 0 Å². The molecular formula is C17H17ClN2O3S. The van der Waals surface area contributed by atoms with E-state index in [0.717, 1.165) is 12.0 Å². The molecule has 1 aliphatic rings. The first-order valence-corrected chi connectivity index (χ1v) is 9.43. The molecule has 1 amide bonds. The Morgan fingerprint density at radius 3 is 2.58 bits per heavy atom. The predicted octanol–water partition coefficient (Wildman–Crippen LogP) is 3.58. The van der Waals surface area contributed by atoms with Crippen LogP contribution in [0.1, 0.15) is 18.4 Å². The Hall–Kier alpha value is -2.05. The van der Waals surface area contributed by atoms with E-state index in [4.69, 9.17) is 11.6 Å². The molecule has 0 aromatic heterocycles. The number of hydrogen-bond acceptors (Lipinski definition) is 3. The van der Waals surface area contributed by atoms with Crippen LogP contribution >= 0.6 is 11.6 Å². The van der Waals surface area contributed by atoms with Crippen molar-refractivity contribution >= 4 is 38.9 Å². The zero-order chi connectivity index (χ0) is 17.3. The maximum atomic E-state index is 12.6. The lowest BCUT2D eigenvalue weighted by atomic mass is 10.2. The number of carbonyl (C=O) groups is 1. The summed E-state index contributed by atoms with van der Waals surface area (Å²) in [7, 11) is -3.79. The van der Waals surface area contributed by atoms with Crippen molar-refractivity contribution in [1.29, 1.82) is 0 Å². The molecule has 0 radical (unpaired) electrons. The number of sulfonamides is 1. The molecule has 1 heterocycles. The molecule has 0 saturated carbocycles. The Bertz CT molecular complexity index is 896. The monoisotopic (exact) mass is 364 g/mol. The number of carbonyl (C=O) groups excluding carboxylic acids is 1. The molecule has 1 fully saturated rings. The van der Waals surface area contributed by atoms with Gasteiger partial charge in [0, 0.05) is 18.0 Å². The number of amides is 1. The van der Waals surface area contributed by atoms with E-state index in [1.165, 1.54) is 12.1 Å². The SMILES string of the molecule is Cc1ccc(S(=O)(=O)Nc2ccccc2N2CCCC2=O)cc1Cl. The Labute approximate surface area is 146 Å². The van der Waals surface area contributed by atoms with Crippen LogP contribution in [0, 0.1) is 6.92 Å². The van der Waals surface area contributed by atoms with Crippen molar-refractivity contribution in [1.82, 2.24) is 0 Å². The lowest BCUT2D eigenvalue weighted by Crippen LogP contribution is -2.25. The van der Waals surface area contributed by atoms with Crippen LogP contribution in [0.2, 0.25) is 5.02 Å². The lowest BCUT2D eigenvalue weighted by Gasteiger charge is -2.20. The van der Waals surface area contributed by atoms with Gasteiger partial charge in [0.05, 0.1) is 16.3 Å². The molecule has 1 N–H and O–H groups in total. The molecule has 0 bridgehead atoms. The number of nitrogens with zero attached hydrogens (tertiary/aromatic N) is 1. The second kappa shape index (κ2) is 6.45. The molecular weight excluding hydrogens is 348 g/mol. The van der Waals surface area contributed by atoms with Gasteiger partial charge in [0.2, 0.25) is 5.91 Å². The first-order valence-electron chi connectivity index (χ1n) is 7.57. The summed E-state index contributed by atoms with van der Waals surface area (Å²) in [6.45, 7) is 2.40. The molecule has 24 heavy (non-hydrogen) atoms. The molecule has 2 aromatic rings. The van der Waals surface area contributed by atoms with Crippen molar-refractivity contribution in [3.63, 3.8) is 0 Å². The van der Waals surface area contributed by atoms with Crippen LogP contribution in [0.4, 0.5) is 11.4 Å². The summed E-state index contributed by atoms with van der Waals surface area (Å²) < 4.78 is 27.8. The van der Waals surface area contributed by atoms with E-state index in [-0.39, 0.29) is 10.8 Å². The van der Waals surface area contributed by atoms with Gasteiger partial charge in [-0.25, -0.2) is 8.42 Å². The van der Waals surface area contributed by atoms with Gasteiger partial charge in [-0.1, -0.05) is 29.8 Å². The van der Waals surface area contributed by atoms with Gasteiger partial charge in [0.15, 0.2) is 0 Å². The van der Waals surface area contributed by atoms with Crippen LogP contribution < -0.4 is 9.62 Å². The normalized spacial score (nSPS) is 14.9. The molecule has 3 rings (SSSR count). The van der Waals surface area contributed by atoms with E-state index in [1.807, 2.05) is 0 Å². The number of benzene rings is 2. The third-order valence-electron chi connectivity index (χ3n) is 3.97. The van der Waals surface area contributed by atoms with Crippen LogP contribution in [-0.4, -0.2) is 20.9 Å². The fraction of sp³-hybridized carbons (Fsp3) is 0.235. The van der Waals surface area contributed by atoms with Crippen LogP contribution in [0.15, 0.2) is 47.4 Å². The molecule has 0 spiro atoms. The smallest absolute Gasteiger partial charge is 0.262 e. The average molecular weight is 365 g/mol. The van der Waals surface area contributed by atoms with Gasteiger partial charge in [-0.3, -0.25) is 9.52 Å². The van der Waals surface area contributed by atoms with Crippen molar-refractivity contribution in [2.24, 2.45) is 0 Å². The Morgan fingerprint density at radius 2 is 1.92 bits per heavy atom. The highest BCUT2D eigenvalue weighted by molar-refractivity contribution is 7.92. The largest absolute Gasteiger partial charge is 0.310 e. The van der Waals surface area contributed by atoms with Crippen LogP contribution in [-0.2, 0) is 14.8 Å². The number of anilines is 2. The highest BCUT2D eigenvalue weighted by Gasteiger charge is 2.25. The summed E-state index contributed by atoms with van der Waals surface area (Å²) in [5.74, 6) is 0.0000262. The van der Waals surface area contributed by atoms with Crippen LogP contribution in [0.5, 0.6) is 0 Å². The highest BCUT2D eigenvalue weighted by atomic mass is 35.5. The van der Waals surface area contributed by atoms with Gasteiger partial charge >= 0.3 is 0 Å². The first kappa shape index (κ1) is 16.8. The molecule has 7 heteroatoms. The summed E-state index contributed by atoms with van der Waals surface area (Å²) in [4.78, 5) is 13.7. The van der Waals surface area contributed by atoms with Gasteiger partial charge < -0.3 is 4.90 Å². The Balaban J connectivity index is 1.96. The lowest BCUT2D eigenvalue weighted by molar-refractivity contribution is -0.117. The summed E-state index contributed by atoms with van der Waals surface area (Å²) >= 11 is 6.03. The molecule has 5 nitrogen and oxygen atoms in total. The van der Waals surface area contributed by atoms with Crippen molar-refractivity contribution in [2.75, 3.05) is 16.2 Å². The summed E-state index contributed by atoms with van der Waals surface area (Å²) in [6.07, 6.45) is 1.25. The minimum absolute atomic E-state index is 0.0000262. The first-order chi connectivity index (χ1) is 11.4. The minimum Gasteiger partial charge on any atom is -0.310 e. The highest BCUT2D eigenvalue weighted by Crippen LogP contribution is 2.31. The van der Waals surface area contributed by atoms with Crippen LogP contribution in [0.25, 0.3) is 0 Å². The van der Waals surface area contributed by atoms with Crippen molar-refractivity contribution in [2.45, 2.75) is 24.7 Å². The standard InChI is InChI=1S/C17H17ClN2O3S/c1-12-8-9-13(11-14(12)18)24(22,23)19-15-5-2-3-6-16(15)20-10-4-7-17(20)21/h2-3,5-6,8-9,11,19H,4,7,10H2,1H3. The van der Waals surface area contributed by atoms with Crippen molar-refractivity contribution in [3.05, 3.63) is 53.1 Å². The maximum Gasteiger partial charge on any atom is 0.262 e. The molecule has 126 valence electrons. The number of rotatable bonds is 4. The summed E-state index contributed by atoms with van der Waals surface area (Å²) in [5.41, 5.74) is 1.75. The third kappa shape index (κ3) is 3.25. The van der Waals surface area contributed by atoms with E-state index in [1.54, 1.807) is 42.2 Å². The molecule has 2 aromatic carbocycles. The molecule has 0 unspecified atom stereocenters. The number of halogens is 1. The van der Waals surface area contributed by atoms with E-state index in [2.05, 4.69) is 4.72 Å². The Morgan fingerprint density at radius 1 is 1.17 bits per heavy atom. The molecule has 1 aliphatic heterocycles.